The van der Waals surface area contributed by atoms with Crippen LogP contribution in [0.3, 0.4) is 0 Å². The molecule has 0 aliphatic heterocycles. The molecule has 0 saturated heterocycles. The molecule has 0 atom stereocenters. The van der Waals surface area contributed by atoms with Crippen LogP contribution in [0.15, 0.2) is 58.2 Å². The average Bonchev–Trinajstić information content (AvgIpc) is 3.04. The number of H-pyrrole nitrogens is 1. The van der Waals surface area contributed by atoms with Gasteiger partial charge in [0.1, 0.15) is 5.75 Å². The van der Waals surface area contributed by atoms with Gasteiger partial charge in [-0.25, -0.2) is 4.98 Å². The largest absolute Gasteiger partial charge is 0.494 e. The van der Waals surface area contributed by atoms with Gasteiger partial charge in [0, 0.05) is 15.8 Å². The first-order valence-electron chi connectivity index (χ1n) is 7.72. The molecule has 0 amide bonds. The van der Waals surface area contributed by atoms with E-state index in [9.17, 15) is 0 Å². The van der Waals surface area contributed by atoms with Gasteiger partial charge < -0.3 is 4.74 Å². The van der Waals surface area contributed by atoms with Crippen LogP contribution in [0.5, 0.6) is 5.75 Å². The van der Waals surface area contributed by atoms with Crippen molar-refractivity contribution in [3.63, 3.8) is 0 Å². The summed E-state index contributed by atoms with van der Waals surface area (Å²) in [6.07, 6.45) is 0.942. The maximum Gasteiger partial charge on any atom is 0.208 e. The minimum Gasteiger partial charge on any atom is -0.494 e. The van der Waals surface area contributed by atoms with Crippen LogP contribution in [0.1, 0.15) is 12.0 Å². The summed E-state index contributed by atoms with van der Waals surface area (Å²) in [5.41, 5.74) is 2.22. The van der Waals surface area contributed by atoms with E-state index in [2.05, 4.69) is 44.1 Å². The van der Waals surface area contributed by atoms with Gasteiger partial charge in [0.25, 0.3) is 0 Å². The molecule has 1 N–H and O–H groups in total. The van der Waals surface area contributed by atoms with Gasteiger partial charge in [-0.05, 0) is 37.1 Å². The molecule has 0 aliphatic carbocycles. The zero-order valence-corrected chi connectivity index (χ0v) is 15.7. The van der Waals surface area contributed by atoms with E-state index in [1.807, 2.05) is 42.5 Å². The average molecular weight is 404 g/mol. The number of hydrogen-bond donors (Lipinski definition) is 1. The second kappa shape index (κ2) is 8.35. The number of nitrogens with one attached hydrogen (secondary N) is 1. The predicted molar refractivity (Wildman–Crippen MR) is 102 cm³/mol. The van der Waals surface area contributed by atoms with Crippen LogP contribution in [0, 0.1) is 6.92 Å². The van der Waals surface area contributed by atoms with Crippen LogP contribution >= 0.6 is 27.7 Å². The van der Waals surface area contributed by atoms with E-state index in [-0.39, 0.29) is 0 Å². The van der Waals surface area contributed by atoms with Crippen LogP contribution in [0.25, 0.3) is 11.4 Å². The second-order valence-corrected chi connectivity index (χ2v) is 7.23. The Hall–Kier alpha value is -1.79. The molecule has 4 nitrogen and oxygen atoms in total. The van der Waals surface area contributed by atoms with E-state index >= 15 is 0 Å². The van der Waals surface area contributed by atoms with Crippen molar-refractivity contribution in [2.45, 2.75) is 18.5 Å². The van der Waals surface area contributed by atoms with Gasteiger partial charge in [-0.15, -0.1) is 5.10 Å². The highest BCUT2D eigenvalue weighted by Gasteiger charge is 2.08. The van der Waals surface area contributed by atoms with Crippen molar-refractivity contribution in [3.05, 3.63) is 58.6 Å². The molecule has 0 unspecified atom stereocenters. The fourth-order valence-corrected chi connectivity index (χ4v) is 3.39. The number of nitrogens with zero attached hydrogens (tertiary/aromatic N) is 2. The van der Waals surface area contributed by atoms with E-state index in [4.69, 9.17) is 4.74 Å². The molecule has 3 rings (SSSR count). The fraction of sp³-hybridized carbons (Fsp3) is 0.222. The molecule has 124 valence electrons. The molecular weight excluding hydrogens is 386 g/mol. The molecule has 1 heterocycles. The summed E-state index contributed by atoms with van der Waals surface area (Å²) in [5.74, 6) is 2.62. The number of aryl methyl sites for hydroxylation is 1. The molecule has 6 heteroatoms. The Bertz CT molecular complexity index is 806. The molecule has 0 fully saturated rings. The first kappa shape index (κ1) is 17.0. The third-order valence-corrected chi connectivity index (χ3v) is 5.00. The zero-order chi connectivity index (χ0) is 16.8. The third-order valence-electron chi connectivity index (χ3n) is 3.37. The molecule has 0 radical (unpaired) electrons. The number of thioether (sulfide) groups is 1. The molecule has 0 saturated carbocycles. The van der Waals surface area contributed by atoms with Crippen molar-refractivity contribution in [1.29, 1.82) is 0 Å². The summed E-state index contributed by atoms with van der Waals surface area (Å²) < 4.78 is 6.75. The first-order chi connectivity index (χ1) is 11.7. The Morgan fingerprint density at radius 2 is 2.04 bits per heavy atom. The molecule has 3 aromatic rings. The standard InChI is InChI=1S/C18H18BrN3OS/c1-13-6-4-7-14(12-13)23-10-5-11-24-18-20-17(21-22-18)15-8-2-3-9-16(15)19/h2-4,6-9,12H,5,10-11H2,1H3,(H,20,21,22). The van der Waals surface area contributed by atoms with Crippen molar-refractivity contribution in [2.24, 2.45) is 0 Å². The first-order valence-corrected chi connectivity index (χ1v) is 9.50. The number of benzene rings is 2. The smallest absolute Gasteiger partial charge is 0.208 e. The van der Waals surface area contributed by atoms with E-state index in [0.717, 1.165) is 38.9 Å². The lowest BCUT2D eigenvalue weighted by Crippen LogP contribution is -1.99. The van der Waals surface area contributed by atoms with Gasteiger partial charge in [0.15, 0.2) is 5.82 Å². The molecule has 24 heavy (non-hydrogen) atoms. The molecule has 0 bridgehead atoms. The van der Waals surface area contributed by atoms with E-state index in [0.29, 0.717) is 6.61 Å². The SMILES string of the molecule is Cc1cccc(OCCCSc2n[nH]c(-c3ccccc3Br)n2)c1. The summed E-state index contributed by atoms with van der Waals surface area (Å²) in [4.78, 5) is 4.53. The summed E-state index contributed by atoms with van der Waals surface area (Å²) >= 11 is 5.16. The summed E-state index contributed by atoms with van der Waals surface area (Å²) in [6, 6.07) is 16.1. The van der Waals surface area contributed by atoms with Gasteiger partial charge >= 0.3 is 0 Å². The van der Waals surface area contributed by atoms with Crippen molar-refractivity contribution in [3.8, 4) is 17.1 Å². The van der Waals surface area contributed by atoms with Crippen molar-refractivity contribution in [2.75, 3.05) is 12.4 Å². The van der Waals surface area contributed by atoms with Crippen LogP contribution in [0.2, 0.25) is 0 Å². The Balaban J connectivity index is 1.45. The van der Waals surface area contributed by atoms with Gasteiger partial charge in [-0.2, -0.15) is 0 Å². The number of halogens is 1. The molecule has 1 aromatic heterocycles. The number of aromatic nitrogens is 3. The van der Waals surface area contributed by atoms with Crippen LogP contribution in [-0.2, 0) is 0 Å². The summed E-state index contributed by atoms with van der Waals surface area (Å²) in [6.45, 7) is 2.76. The highest BCUT2D eigenvalue weighted by Crippen LogP contribution is 2.26. The lowest BCUT2D eigenvalue weighted by atomic mass is 10.2. The highest BCUT2D eigenvalue weighted by atomic mass is 79.9. The Morgan fingerprint density at radius 3 is 2.88 bits per heavy atom. The second-order valence-electron chi connectivity index (χ2n) is 5.31. The topological polar surface area (TPSA) is 50.8 Å². The number of hydrogen-bond acceptors (Lipinski definition) is 4. The molecule has 0 spiro atoms. The minimum absolute atomic E-state index is 0.692. The maximum absolute atomic E-state index is 5.75. The Morgan fingerprint density at radius 1 is 1.17 bits per heavy atom. The maximum atomic E-state index is 5.75. The van der Waals surface area contributed by atoms with Gasteiger partial charge in [0.2, 0.25) is 5.16 Å². The number of ether oxygens (including phenoxy) is 1. The van der Waals surface area contributed by atoms with Crippen molar-refractivity contribution >= 4 is 27.7 Å². The van der Waals surface area contributed by atoms with Crippen molar-refractivity contribution < 1.29 is 4.74 Å². The normalized spacial score (nSPS) is 10.8. The minimum atomic E-state index is 0.692. The van der Waals surface area contributed by atoms with E-state index in [1.165, 1.54) is 5.56 Å². The van der Waals surface area contributed by atoms with Gasteiger partial charge in [0.05, 0.1) is 6.61 Å². The van der Waals surface area contributed by atoms with Crippen LogP contribution in [-0.4, -0.2) is 27.5 Å². The van der Waals surface area contributed by atoms with E-state index < -0.39 is 0 Å². The van der Waals surface area contributed by atoms with Gasteiger partial charge in [-0.3, -0.25) is 5.10 Å². The van der Waals surface area contributed by atoms with Crippen LogP contribution < -0.4 is 4.74 Å². The zero-order valence-electron chi connectivity index (χ0n) is 13.3. The number of rotatable bonds is 7. The summed E-state index contributed by atoms with van der Waals surface area (Å²) in [7, 11) is 0. The highest BCUT2D eigenvalue weighted by molar-refractivity contribution is 9.10. The monoisotopic (exact) mass is 403 g/mol. The van der Waals surface area contributed by atoms with Crippen LogP contribution in [0.4, 0.5) is 0 Å². The number of aromatic amines is 1. The quantitative estimate of drug-likeness (QED) is 0.440. The molecule has 2 aromatic carbocycles. The lowest BCUT2D eigenvalue weighted by molar-refractivity contribution is 0.318. The Labute approximate surface area is 154 Å². The molecular formula is C18H18BrN3OS. The van der Waals surface area contributed by atoms with Crippen molar-refractivity contribution in [1.82, 2.24) is 15.2 Å². The predicted octanol–water partition coefficient (Wildman–Crippen LogP) is 5.10. The fourth-order valence-electron chi connectivity index (χ4n) is 2.20. The molecule has 0 aliphatic rings. The third kappa shape index (κ3) is 4.61. The van der Waals surface area contributed by atoms with Gasteiger partial charge in [-0.1, -0.05) is 58.0 Å². The summed E-state index contributed by atoms with van der Waals surface area (Å²) in [5, 5.41) is 8.02. The lowest BCUT2D eigenvalue weighted by Gasteiger charge is -2.05. The Kier molecular flexibility index (Phi) is 5.93. The van der Waals surface area contributed by atoms with E-state index in [1.54, 1.807) is 11.8 Å².